The maximum atomic E-state index is 13.8. The predicted octanol–water partition coefficient (Wildman–Crippen LogP) is 1.65. The van der Waals surface area contributed by atoms with Crippen molar-refractivity contribution in [3.05, 3.63) is 34.6 Å². The lowest BCUT2D eigenvalue weighted by Gasteiger charge is -2.42. The van der Waals surface area contributed by atoms with Gasteiger partial charge < -0.3 is 20.6 Å². The van der Waals surface area contributed by atoms with E-state index < -0.39 is 11.7 Å². The summed E-state index contributed by atoms with van der Waals surface area (Å²) < 4.78 is 13.8. The molecule has 6 nitrogen and oxygen atoms in total. The number of hydrogen-bond donors (Lipinski definition) is 2. The van der Waals surface area contributed by atoms with Crippen molar-refractivity contribution in [2.75, 3.05) is 13.1 Å². The van der Waals surface area contributed by atoms with Crippen molar-refractivity contribution in [1.29, 1.82) is 0 Å². The molecule has 3 N–H and O–H groups in total. The molecule has 0 spiro atoms. The van der Waals surface area contributed by atoms with Crippen molar-refractivity contribution in [2.24, 2.45) is 5.73 Å². The topological polar surface area (TPSA) is 86.9 Å². The highest BCUT2D eigenvalue weighted by Crippen LogP contribution is 2.33. The first-order valence-electron chi connectivity index (χ1n) is 9.79. The van der Waals surface area contributed by atoms with Gasteiger partial charge in [0.1, 0.15) is 5.82 Å². The number of hydrogen-bond acceptors (Lipinski definition) is 4. The minimum atomic E-state index is -0.768. The minimum Gasteiger partial charge on any atom is -0.393 e. The fraction of sp³-hybridized carbons (Fsp3) is 0.600. The van der Waals surface area contributed by atoms with Gasteiger partial charge >= 0.3 is 0 Å². The number of fused-ring (bicyclic) bond motifs is 1. The van der Waals surface area contributed by atoms with Gasteiger partial charge in [-0.2, -0.15) is 0 Å². The van der Waals surface area contributed by atoms with Crippen LogP contribution < -0.4 is 5.73 Å². The Hall–Kier alpha value is -1.99. The van der Waals surface area contributed by atoms with Crippen LogP contribution in [0.1, 0.15) is 64.8 Å². The molecule has 2 amide bonds. The first-order valence-corrected chi connectivity index (χ1v) is 9.79. The molecule has 0 unspecified atom stereocenters. The smallest absolute Gasteiger partial charge is 0.255 e. The van der Waals surface area contributed by atoms with Gasteiger partial charge in [-0.1, -0.05) is 0 Å². The zero-order chi connectivity index (χ0) is 19.1. The van der Waals surface area contributed by atoms with Crippen LogP contribution in [0, 0.1) is 5.82 Å². The molecule has 3 aliphatic rings. The average Bonchev–Trinajstić information content (AvgIpc) is 2.98. The average molecular weight is 375 g/mol. The summed E-state index contributed by atoms with van der Waals surface area (Å²) in [6.45, 7) is 2.18. The quantitative estimate of drug-likeness (QED) is 0.841. The van der Waals surface area contributed by atoms with Gasteiger partial charge in [0.15, 0.2) is 0 Å². The van der Waals surface area contributed by atoms with Gasteiger partial charge in [-0.25, -0.2) is 4.39 Å². The number of nitrogens with two attached hydrogens (primary N) is 1. The van der Waals surface area contributed by atoms with E-state index in [1.807, 2.05) is 0 Å². The van der Waals surface area contributed by atoms with E-state index >= 15 is 0 Å². The van der Waals surface area contributed by atoms with E-state index in [4.69, 9.17) is 5.73 Å². The first-order chi connectivity index (χ1) is 12.9. The SMILES string of the molecule is NC(=O)c1cc(F)cc2c1C(=O)N(C1CCN(C3CCC(O)CC3)CC1)C2. The van der Waals surface area contributed by atoms with Gasteiger partial charge in [-0.15, -0.1) is 0 Å². The molecule has 1 saturated heterocycles. The molecule has 1 aliphatic carbocycles. The molecule has 146 valence electrons. The number of aliphatic hydroxyl groups is 1. The van der Waals surface area contributed by atoms with Gasteiger partial charge in [0, 0.05) is 31.7 Å². The summed E-state index contributed by atoms with van der Waals surface area (Å²) in [4.78, 5) is 28.8. The lowest BCUT2D eigenvalue weighted by molar-refractivity contribution is 0.0371. The highest BCUT2D eigenvalue weighted by Gasteiger charge is 2.38. The summed E-state index contributed by atoms with van der Waals surface area (Å²) in [6, 6.07) is 3.01. The molecule has 0 bridgehead atoms. The number of carbonyl (C=O) groups excluding carboxylic acids is 2. The molecule has 0 aromatic heterocycles. The Morgan fingerprint density at radius 1 is 1.07 bits per heavy atom. The fourth-order valence-corrected chi connectivity index (χ4v) is 4.91. The van der Waals surface area contributed by atoms with Gasteiger partial charge in [-0.05, 0) is 56.2 Å². The standard InChI is InChI=1S/C20H26FN3O3/c21-13-9-12-11-24(20(27)18(12)17(10-13)19(22)26)15-5-7-23(8-6-15)14-1-3-16(25)4-2-14/h9-10,14-16,25H,1-8,11H2,(H2,22,26). The van der Waals surface area contributed by atoms with Crippen LogP contribution in [0.4, 0.5) is 4.39 Å². The molecule has 2 fully saturated rings. The number of benzene rings is 1. The highest BCUT2D eigenvalue weighted by atomic mass is 19.1. The Morgan fingerprint density at radius 2 is 1.74 bits per heavy atom. The van der Waals surface area contributed by atoms with E-state index in [0.29, 0.717) is 18.2 Å². The molecule has 1 saturated carbocycles. The van der Waals surface area contributed by atoms with Crippen molar-refractivity contribution in [1.82, 2.24) is 9.80 Å². The number of nitrogens with zero attached hydrogens (tertiary/aromatic N) is 2. The van der Waals surface area contributed by atoms with Crippen molar-refractivity contribution >= 4 is 11.8 Å². The van der Waals surface area contributed by atoms with Crippen molar-refractivity contribution in [2.45, 2.75) is 63.3 Å². The number of carbonyl (C=O) groups is 2. The number of primary amides is 1. The van der Waals surface area contributed by atoms with E-state index in [2.05, 4.69) is 4.90 Å². The van der Waals surface area contributed by atoms with Crippen molar-refractivity contribution in [3.63, 3.8) is 0 Å². The Bertz CT molecular complexity index is 753. The largest absolute Gasteiger partial charge is 0.393 e. The van der Waals surface area contributed by atoms with Crippen LogP contribution >= 0.6 is 0 Å². The second-order valence-corrected chi connectivity index (χ2v) is 8.01. The first kappa shape index (κ1) is 18.4. The lowest BCUT2D eigenvalue weighted by Crippen LogP contribution is -2.49. The van der Waals surface area contributed by atoms with Crippen LogP contribution in [0.2, 0.25) is 0 Å². The molecule has 0 atom stereocenters. The molecule has 7 heteroatoms. The van der Waals surface area contributed by atoms with Crippen LogP contribution in [-0.4, -0.2) is 58.0 Å². The molecule has 1 aromatic carbocycles. The highest BCUT2D eigenvalue weighted by molar-refractivity contribution is 6.09. The van der Waals surface area contributed by atoms with Crippen LogP contribution in [0.3, 0.4) is 0 Å². The summed E-state index contributed by atoms with van der Waals surface area (Å²) in [7, 11) is 0. The summed E-state index contributed by atoms with van der Waals surface area (Å²) in [5.74, 6) is -1.51. The minimum absolute atomic E-state index is 0.0179. The van der Waals surface area contributed by atoms with E-state index in [1.54, 1.807) is 4.90 Å². The number of amides is 2. The fourth-order valence-electron chi connectivity index (χ4n) is 4.91. The van der Waals surface area contributed by atoms with Gasteiger partial charge in [-0.3, -0.25) is 9.59 Å². The number of halogens is 1. The summed E-state index contributed by atoms with van der Waals surface area (Å²) in [5, 5.41) is 9.68. The normalized spacial score (nSPS) is 27.0. The third-order valence-electron chi connectivity index (χ3n) is 6.39. The molecule has 2 aliphatic heterocycles. The molecule has 1 aromatic rings. The van der Waals surface area contributed by atoms with Crippen LogP contribution in [-0.2, 0) is 6.54 Å². The monoisotopic (exact) mass is 375 g/mol. The Kier molecular flexibility index (Phi) is 4.90. The maximum absolute atomic E-state index is 13.8. The predicted molar refractivity (Wildman–Crippen MR) is 97.6 cm³/mol. The second-order valence-electron chi connectivity index (χ2n) is 8.01. The molecular weight excluding hydrogens is 349 g/mol. The molecule has 27 heavy (non-hydrogen) atoms. The molecule has 2 heterocycles. The molecule has 0 radical (unpaired) electrons. The van der Waals surface area contributed by atoms with Crippen LogP contribution in [0.15, 0.2) is 12.1 Å². The third-order valence-corrected chi connectivity index (χ3v) is 6.39. The maximum Gasteiger partial charge on any atom is 0.255 e. The Labute approximate surface area is 158 Å². The second kappa shape index (κ2) is 7.20. The summed E-state index contributed by atoms with van der Waals surface area (Å²) >= 11 is 0. The van der Waals surface area contributed by atoms with E-state index in [1.165, 1.54) is 6.07 Å². The van der Waals surface area contributed by atoms with E-state index in [-0.39, 0.29) is 29.2 Å². The van der Waals surface area contributed by atoms with Gasteiger partial charge in [0.25, 0.3) is 5.91 Å². The summed E-state index contributed by atoms with van der Waals surface area (Å²) in [5.41, 5.74) is 6.16. The van der Waals surface area contributed by atoms with Gasteiger partial charge in [0.05, 0.1) is 17.2 Å². The lowest BCUT2D eigenvalue weighted by atomic mass is 9.90. The van der Waals surface area contributed by atoms with Crippen molar-refractivity contribution in [3.8, 4) is 0 Å². The molecular formula is C20H26FN3O3. The number of likely N-dealkylation sites (tertiary alicyclic amines) is 1. The number of aliphatic hydroxyl groups excluding tert-OH is 1. The van der Waals surface area contributed by atoms with E-state index in [0.717, 1.165) is 57.7 Å². The van der Waals surface area contributed by atoms with Crippen LogP contribution in [0.5, 0.6) is 0 Å². The zero-order valence-corrected chi connectivity index (χ0v) is 15.4. The molecule has 4 rings (SSSR count). The van der Waals surface area contributed by atoms with Crippen molar-refractivity contribution < 1.29 is 19.1 Å². The number of rotatable bonds is 3. The summed E-state index contributed by atoms with van der Waals surface area (Å²) in [6.07, 6.45) is 5.38. The third kappa shape index (κ3) is 3.46. The Morgan fingerprint density at radius 3 is 2.37 bits per heavy atom. The van der Waals surface area contributed by atoms with E-state index in [9.17, 15) is 19.1 Å². The number of piperidine rings is 1. The van der Waals surface area contributed by atoms with Gasteiger partial charge in [0.2, 0.25) is 5.91 Å². The Balaban J connectivity index is 1.43. The van der Waals surface area contributed by atoms with Crippen LogP contribution in [0.25, 0.3) is 0 Å². The zero-order valence-electron chi connectivity index (χ0n) is 15.4.